The van der Waals surface area contributed by atoms with Crippen molar-refractivity contribution in [2.45, 2.75) is 37.6 Å². The maximum atomic E-state index is 13.0. The molecule has 0 N–H and O–H groups in total. The third-order valence-electron chi connectivity index (χ3n) is 4.95. The van der Waals surface area contributed by atoms with Crippen LogP contribution < -0.4 is 0 Å². The standard InChI is InChI=1S/C17H20N4O/c22-17(16-8-7-13-4-1-2-6-15(13)16)20-9-3-5-14(10-20)21-12-18-11-19-21/h1-2,4,6,11-12,14,16H,3,5,7-10H2/t14-,16-/m1/s1. The molecule has 2 atom stereocenters. The highest BCUT2D eigenvalue weighted by molar-refractivity contribution is 5.85. The van der Waals surface area contributed by atoms with E-state index in [0.717, 1.165) is 38.8 Å². The first-order valence-electron chi connectivity index (χ1n) is 8.03. The minimum Gasteiger partial charge on any atom is -0.340 e. The van der Waals surface area contributed by atoms with Gasteiger partial charge in [0.25, 0.3) is 0 Å². The van der Waals surface area contributed by atoms with Gasteiger partial charge in [0.05, 0.1) is 12.0 Å². The highest BCUT2D eigenvalue weighted by Crippen LogP contribution is 2.35. The fraction of sp³-hybridized carbons (Fsp3) is 0.471. The number of amides is 1. The molecule has 1 aliphatic heterocycles. The third kappa shape index (κ3) is 2.30. The van der Waals surface area contributed by atoms with E-state index < -0.39 is 0 Å². The number of piperidine rings is 1. The normalized spacial score (nSPS) is 24.3. The number of carbonyl (C=O) groups excluding carboxylic acids is 1. The SMILES string of the molecule is O=C([C@@H]1CCc2ccccc21)N1CCC[C@@H](n2cncn2)C1. The Bertz CT molecular complexity index is 667. The van der Waals surface area contributed by atoms with Crippen LogP contribution in [-0.2, 0) is 11.2 Å². The lowest BCUT2D eigenvalue weighted by Gasteiger charge is -2.34. The summed E-state index contributed by atoms with van der Waals surface area (Å²) >= 11 is 0. The molecular weight excluding hydrogens is 276 g/mol. The molecule has 4 rings (SSSR count). The number of fused-ring (bicyclic) bond motifs is 1. The number of hydrogen-bond donors (Lipinski definition) is 0. The summed E-state index contributed by atoms with van der Waals surface area (Å²) in [4.78, 5) is 19.0. The lowest BCUT2D eigenvalue weighted by atomic mass is 9.97. The lowest BCUT2D eigenvalue weighted by molar-refractivity contribution is -0.134. The molecule has 0 bridgehead atoms. The van der Waals surface area contributed by atoms with Gasteiger partial charge in [0, 0.05) is 13.1 Å². The van der Waals surface area contributed by atoms with Gasteiger partial charge in [-0.15, -0.1) is 0 Å². The number of rotatable bonds is 2. The van der Waals surface area contributed by atoms with Gasteiger partial charge in [-0.1, -0.05) is 24.3 Å². The molecule has 1 aromatic carbocycles. The molecule has 0 radical (unpaired) electrons. The molecule has 1 saturated heterocycles. The van der Waals surface area contributed by atoms with Crippen LogP contribution in [0.5, 0.6) is 0 Å². The van der Waals surface area contributed by atoms with Gasteiger partial charge in [-0.25, -0.2) is 9.67 Å². The van der Waals surface area contributed by atoms with Crippen molar-refractivity contribution in [1.82, 2.24) is 19.7 Å². The van der Waals surface area contributed by atoms with Crippen LogP contribution in [0.3, 0.4) is 0 Å². The molecule has 0 spiro atoms. The summed E-state index contributed by atoms with van der Waals surface area (Å²) in [6.45, 7) is 1.61. The van der Waals surface area contributed by atoms with Gasteiger partial charge in [0.15, 0.2) is 0 Å². The minimum atomic E-state index is 0.0469. The maximum Gasteiger partial charge on any atom is 0.230 e. The van der Waals surface area contributed by atoms with Gasteiger partial charge in [-0.05, 0) is 36.8 Å². The van der Waals surface area contributed by atoms with Crippen LogP contribution in [0.15, 0.2) is 36.9 Å². The summed E-state index contributed by atoms with van der Waals surface area (Å²) in [5.41, 5.74) is 2.57. The van der Waals surface area contributed by atoms with Gasteiger partial charge in [0.2, 0.25) is 5.91 Å². The number of hydrogen-bond acceptors (Lipinski definition) is 3. The number of benzene rings is 1. The van der Waals surface area contributed by atoms with Crippen LogP contribution in [0, 0.1) is 0 Å². The number of aromatic nitrogens is 3. The molecule has 1 aliphatic carbocycles. The monoisotopic (exact) mass is 296 g/mol. The van der Waals surface area contributed by atoms with E-state index in [0.29, 0.717) is 0 Å². The van der Waals surface area contributed by atoms with E-state index in [1.165, 1.54) is 11.1 Å². The number of likely N-dealkylation sites (tertiary alicyclic amines) is 1. The second-order valence-corrected chi connectivity index (χ2v) is 6.25. The van der Waals surface area contributed by atoms with Gasteiger partial charge in [-0.3, -0.25) is 4.79 Å². The van der Waals surface area contributed by atoms with E-state index in [-0.39, 0.29) is 17.9 Å². The largest absolute Gasteiger partial charge is 0.340 e. The highest BCUT2D eigenvalue weighted by atomic mass is 16.2. The zero-order valence-corrected chi connectivity index (χ0v) is 12.6. The molecule has 2 aliphatic rings. The van der Waals surface area contributed by atoms with Crippen LogP contribution in [0.4, 0.5) is 0 Å². The molecule has 2 heterocycles. The smallest absolute Gasteiger partial charge is 0.230 e. The first-order chi connectivity index (χ1) is 10.8. The van der Waals surface area contributed by atoms with Crippen molar-refractivity contribution in [2.24, 2.45) is 0 Å². The van der Waals surface area contributed by atoms with Crippen molar-refractivity contribution in [3.05, 3.63) is 48.0 Å². The maximum absolute atomic E-state index is 13.0. The van der Waals surface area contributed by atoms with E-state index in [1.807, 2.05) is 15.6 Å². The highest BCUT2D eigenvalue weighted by Gasteiger charge is 2.34. The van der Waals surface area contributed by atoms with Crippen molar-refractivity contribution in [3.63, 3.8) is 0 Å². The zero-order chi connectivity index (χ0) is 14.9. The zero-order valence-electron chi connectivity index (χ0n) is 12.6. The van der Waals surface area contributed by atoms with Crippen molar-refractivity contribution < 1.29 is 4.79 Å². The quantitative estimate of drug-likeness (QED) is 0.853. The van der Waals surface area contributed by atoms with Crippen molar-refractivity contribution in [2.75, 3.05) is 13.1 Å². The van der Waals surface area contributed by atoms with Crippen molar-refractivity contribution >= 4 is 5.91 Å². The molecule has 1 amide bonds. The Morgan fingerprint density at radius 2 is 2.14 bits per heavy atom. The number of carbonyl (C=O) groups is 1. The van der Waals surface area contributed by atoms with Crippen LogP contribution in [0.25, 0.3) is 0 Å². The molecule has 5 heteroatoms. The van der Waals surface area contributed by atoms with E-state index >= 15 is 0 Å². The first-order valence-corrected chi connectivity index (χ1v) is 8.03. The van der Waals surface area contributed by atoms with E-state index in [2.05, 4.69) is 28.3 Å². The second-order valence-electron chi connectivity index (χ2n) is 6.25. The predicted octanol–water partition coefficient (Wildman–Crippen LogP) is 2.17. The summed E-state index contributed by atoms with van der Waals surface area (Å²) in [7, 11) is 0. The van der Waals surface area contributed by atoms with E-state index in [4.69, 9.17) is 0 Å². The third-order valence-corrected chi connectivity index (χ3v) is 4.95. The Morgan fingerprint density at radius 3 is 3.00 bits per heavy atom. The Morgan fingerprint density at radius 1 is 1.23 bits per heavy atom. The number of nitrogens with zero attached hydrogens (tertiary/aromatic N) is 4. The summed E-state index contributed by atoms with van der Waals surface area (Å²) in [6.07, 6.45) is 7.38. The topological polar surface area (TPSA) is 51.0 Å². The van der Waals surface area contributed by atoms with Crippen LogP contribution >= 0.6 is 0 Å². The minimum absolute atomic E-state index is 0.0469. The average molecular weight is 296 g/mol. The van der Waals surface area contributed by atoms with E-state index in [9.17, 15) is 4.79 Å². The van der Waals surface area contributed by atoms with E-state index in [1.54, 1.807) is 12.7 Å². The number of aryl methyl sites for hydroxylation is 1. The molecular formula is C17H20N4O. The molecule has 0 saturated carbocycles. The fourth-order valence-electron chi connectivity index (χ4n) is 3.81. The van der Waals surface area contributed by atoms with Crippen molar-refractivity contribution in [1.29, 1.82) is 0 Å². The molecule has 114 valence electrons. The van der Waals surface area contributed by atoms with Crippen LogP contribution in [-0.4, -0.2) is 38.7 Å². The van der Waals surface area contributed by atoms with Crippen molar-refractivity contribution in [3.8, 4) is 0 Å². The predicted molar refractivity (Wildman–Crippen MR) is 82.4 cm³/mol. The van der Waals surface area contributed by atoms with Gasteiger partial charge in [-0.2, -0.15) is 5.10 Å². The van der Waals surface area contributed by atoms with Crippen LogP contribution in [0.1, 0.15) is 42.3 Å². The summed E-state index contributed by atoms with van der Waals surface area (Å²) < 4.78 is 1.89. The molecule has 1 fully saturated rings. The fourth-order valence-corrected chi connectivity index (χ4v) is 3.81. The Balaban J connectivity index is 1.51. The van der Waals surface area contributed by atoms with Gasteiger partial charge >= 0.3 is 0 Å². The first kappa shape index (κ1) is 13.5. The molecule has 0 unspecified atom stereocenters. The Hall–Kier alpha value is -2.17. The molecule has 1 aromatic heterocycles. The Labute approximate surface area is 130 Å². The summed E-state index contributed by atoms with van der Waals surface area (Å²) in [5, 5.41) is 4.23. The lowest BCUT2D eigenvalue weighted by Crippen LogP contribution is -2.42. The Kier molecular flexibility index (Phi) is 3.41. The summed E-state index contributed by atoms with van der Waals surface area (Å²) in [6, 6.07) is 8.63. The summed E-state index contributed by atoms with van der Waals surface area (Å²) in [5.74, 6) is 0.334. The molecule has 22 heavy (non-hydrogen) atoms. The molecule has 5 nitrogen and oxygen atoms in total. The second kappa shape index (κ2) is 5.55. The average Bonchev–Trinajstić information content (AvgIpc) is 3.24. The molecule has 2 aromatic rings. The van der Waals surface area contributed by atoms with Gasteiger partial charge in [0.1, 0.15) is 12.7 Å². The van der Waals surface area contributed by atoms with Gasteiger partial charge < -0.3 is 4.90 Å². The van der Waals surface area contributed by atoms with Crippen LogP contribution in [0.2, 0.25) is 0 Å².